The monoisotopic (exact) mass is 116 g/mol. The van der Waals surface area contributed by atoms with Crippen LogP contribution in [-0.2, 0) is 4.74 Å². The molecular weight excluding hydrogens is 102 g/mol. The lowest BCUT2D eigenvalue weighted by Gasteiger charge is -2.06. The molecule has 2 heteroatoms. The third kappa shape index (κ3) is 4.09. The molecule has 0 aromatic rings. The first-order valence-electron chi connectivity index (χ1n) is 2.87. The zero-order chi connectivity index (χ0) is 6.41. The largest absolute Gasteiger partial charge is 0.367 e. The lowest BCUT2D eigenvalue weighted by atomic mass is 10.2. The van der Waals surface area contributed by atoms with E-state index in [1.165, 1.54) is 0 Å². The summed E-state index contributed by atoms with van der Waals surface area (Å²) in [4.78, 5) is 0. The second-order valence-corrected chi connectivity index (χ2v) is 1.76. The SMILES string of the molecule is C[CH]CCC(N)OC. The van der Waals surface area contributed by atoms with Gasteiger partial charge in [0.05, 0.1) is 0 Å². The van der Waals surface area contributed by atoms with Gasteiger partial charge in [-0.3, -0.25) is 0 Å². The van der Waals surface area contributed by atoms with Gasteiger partial charge in [-0.15, -0.1) is 0 Å². The lowest BCUT2D eigenvalue weighted by molar-refractivity contribution is 0.101. The summed E-state index contributed by atoms with van der Waals surface area (Å²) in [5.41, 5.74) is 5.42. The lowest BCUT2D eigenvalue weighted by Crippen LogP contribution is -2.21. The second-order valence-electron chi connectivity index (χ2n) is 1.76. The van der Waals surface area contributed by atoms with E-state index in [0.29, 0.717) is 0 Å². The van der Waals surface area contributed by atoms with Crippen molar-refractivity contribution in [2.24, 2.45) is 5.73 Å². The standard InChI is InChI=1S/C6H14NO/c1-3-4-5-6(7)8-2/h3,6H,4-5,7H2,1-2H3. The van der Waals surface area contributed by atoms with E-state index in [0.717, 1.165) is 12.8 Å². The maximum Gasteiger partial charge on any atom is 0.105 e. The van der Waals surface area contributed by atoms with Gasteiger partial charge in [-0.05, 0) is 19.3 Å². The number of ether oxygens (including phenoxy) is 1. The maximum atomic E-state index is 5.42. The van der Waals surface area contributed by atoms with Crippen molar-refractivity contribution in [3.05, 3.63) is 6.42 Å². The van der Waals surface area contributed by atoms with Crippen molar-refractivity contribution in [2.45, 2.75) is 26.0 Å². The fraction of sp³-hybridized carbons (Fsp3) is 0.833. The van der Waals surface area contributed by atoms with Crippen LogP contribution in [0, 0.1) is 6.42 Å². The predicted octanol–water partition coefficient (Wildman–Crippen LogP) is 0.922. The first-order chi connectivity index (χ1) is 3.81. The van der Waals surface area contributed by atoms with Gasteiger partial charge < -0.3 is 10.5 Å². The number of methoxy groups -OCH3 is 1. The van der Waals surface area contributed by atoms with Crippen molar-refractivity contribution in [1.29, 1.82) is 0 Å². The van der Waals surface area contributed by atoms with Gasteiger partial charge in [0.25, 0.3) is 0 Å². The van der Waals surface area contributed by atoms with E-state index in [4.69, 9.17) is 10.5 Å². The van der Waals surface area contributed by atoms with Crippen LogP contribution in [0.25, 0.3) is 0 Å². The van der Waals surface area contributed by atoms with Crippen LogP contribution in [0.3, 0.4) is 0 Å². The fourth-order valence-corrected chi connectivity index (χ4v) is 0.449. The normalized spacial score (nSPS) is 13.9. The van der Waals surface area contributed by atoms with Crippen molar-refractivity contribution in [2.75, 3.05) is 7.11 Å². The minimum Gasteiger partial charge on any atom is -0.367 e. The summed E-state index contributed by atoms with van der Waals surface area (Å²) in [6.45, 7) is 2.02. The third-order valence-corrected chi connectivity index (χ3v) is 1.04. The zero-order valence-electron chi connectivity index (χ0n) is 5.55. The van der Waals surface area contributed by atoms with E-state index in [9.17, 15) is 0 Å². The Bertz CT molecular complexity index is 47.8. The van der Waals surface area contributed by atoms with Gasteiger partial charge in [-0.2, -0.15) is 0 Å². The molecule has 8 heavy (non-hydrogen) atoms. The highest BCUT2D eigenvalue weighted by molar-refractivity contribution is 4.57. The summed E-state index contributed by atoms with van der Waals surface area (Å²) >= 11 is 0. The van der Waals surface area contributed by atoms with Gasteiger partial charge in [-0.1, -0.05) is 6.92 Å². The highest BCUT2D eigenvalue weighted by Crippen LogP contribution is 1.95. The summed E-state index contributed by atoms with van der Waals surface area (Å²) in [6.07, 6.45) is 3.96. The molecule has 0 aliphatic carbocycles. The molecule has 1 unspecified atom stereocenters. The Kier molecular flexibility index (Phi) is 5.01. The van der Waals surface area contributed by atoms with E-state index < -0.39 is 0 Å². The van der Waals surface area contributed by atoms with Gasteiger partial charge in [0, 0.05) is 7.11 Å². The summed E-state index contributed by atoms with van der Waals surface area (Å²) in [5.74, 6) is 0. The molecule has 49 valence electrons. The summed E-state index contributed by atoms with van der Waals surface area (Å²) in [5, 5.41) is 0. The topological polar surface area (TPSA) is 35.2 Å². The van der Waals surface area contributed by atoms with E-state index in [2.05, 4.69) is 6.42 Å². The smallest absolute Gasteiger partial charge is 0.105 e. The molecule has 0 amide bonds. The number of hydrogen-bond acceptors (Lipinski definition) is 2. The van der Waals surface area contributed by atoms with Crippen LogP contribution in [0.2, 0.25) is 0 Å². The highest BCUT2D eigenvalue weighted by Gasteiger charge is 1.95. The Morgan fingerprint density at radius 1 is 1.75 bits per heavy atom. The minimum atomic E-state index is -0.0776. The molecule has 0 aromatic carbocycles. The molecule has 2 N–H and O–H groups in total. The molecule has 0 spiro atoms. The van der Waals surface area contributed by atoms with Crippen LogP contribution in [0.1, 0.15) is 19.8 Å². The second kappa shape index (κ2) is 5.06. The van der Waals surface area contributed by atoms with Gasteiger partial charge in [0.15, 0.2) is 0 Å². The Morgan fingerprint density at radius 2 is 2.38 bits per heavy atom. The van der Waals surface area contributed by atoms with Crippen LogP contribution in [-0.4, -0.2) is 13.3 Å². The summed E-state index contributed by atoms with van der Waals surface area (Å²) < 4.78 is 4.81. The maximum absolute atomic E-state index is 5.42. The average molecular weight is 116 g/mol. The molecule has 0 aliphatic rings. The van der Waals surface area contributed by atoms with E-state index in [1.54, 1.807) is 7.11 Å². The van der Waals surface area contributed by atoms with Crippen molar-refractivity contribution >= 4 is 0 Å². The number of unbranched alkanes of at least 4 members (excludes halogenated alkanes) is 1. The minimum absolute atomic E-state index is 0.0776. The zero-order valence-corrected chi connectivity index (χ0v) is 5.55. The molecule has 2 nitrogen and oxygen atoms in total. The molecule has 0 heterocycles. The average Bonchev–Trinajstić information content (AvgIpc) is 1.83. The number of rotatable bonds is 4. The quantitative estimate of drug-likeness (QED) is 0.554. The van der Waals surface area contributed by atoms with Crippen molar-refractivity contribution < 1.29 is 4.74 Å². The molecule has 1 radical (unpaired) electrons. The molecule has 0 saturated carbocycles. The third-order valence-electron chi connectivity index (χ3n) is 1.04. The van der Waals surface area contributed by atoms with Gasteiger partial charge >= 0.3 is 0 Å². The Morgan fingerprint density at radius 3 is 2.75 bits per heavy atom. The van der Waals surface area contributed by atoms with E-state index in [1.807, 2.05) is 6.92 Å². The van der Waals surface area contributed by atoms with Crippen molar-refractivity contribution in [1.82, 2.24) is 0 Å². The molecule has 0 aliphatic heterocycles. The number of nitrogens with two attached hydrogens (primary N) is 1. The van der Waals surface area contributed by atoms with E-state index in [-0.39, 0.29) is 6.23 Å². The molecule has 0 fully saturated rings. The van der Waals surface area contributed by atoms with Crippen LogP contribution >= 0.6 is 0 Å². The predicted molar refractivity (Wildman–Crippen MR) is 34.2 cm³/mol. The first kappa shape index (κ1) is 7.92. The van der Waals surface area contributed by atoms with Gasteiger partial charge in [0.1, 0.15) is 6.23 Å². The van der Waals surface area contributed by atoms with Crippen LogP contribution in [0.4, 0.5) is 0 Å². The van der Waals surface area contributed by atoms with Crippen molar-refractivity contribution in [3.8, 4) is 0 Å². The Labute approximate surface area is 51.0 Å². The van der Waals surface area contributed by atoms with E-state index >= 15 is 0 Å². The van der Waals surface area contributed by atoms with Gasteiger partial charge in [0.2, 0.25) is 0 Å². The molecule has 0 saturated heterocycles. The molecule has 1 atom stereocenters. The Balaban J connectivity index is 2.86. The summed E-state index contributed by atoms with van der Waals surface area (Å²) in [6, 6.07) is 0. The molecule has 0 aromatic heterocycles. The van der Waals surface area contributed by atoms with Crippen molar-refractivity contribution in [3.63, 3.8) is 0 Å². The molecular formula is C6H14NO. The molecule has 0 bridgehead atoms. The highest BCUT2D eigenvalue weighted by atomic mass is 16.5. The summed E-state index contributed by atoms with van der Waals surface area (Å²) in [7, 11) is 1.63. The molecule has 0 rings (SSSR count). The fourth-order valence-electron chi connectivity index (χ4n) is 0.449. The van der Waals surface area contributed by atoms with Gasteiger partial charge in [-0.25, -0.2) is 0 Å². The number of hydrogen-bond donors (Lipinski definition) is 1. The Hall–Kier alpha value is -0.0800. The van der Waals surface area contributed by atoms with Crippen LogP contribution < -0.4 is 5.73 Å². The van der Waals surface area contributed by atoms with Crippen LogP contribution in [0.15, 0.2) is 0 Å². The first-order valence-corrected chi connectivity index (χ1v) is 2.87. The van der Waals surface area contributed by atoms with Crippen LogP contribution in [0.5, 0.6) is 0 Å².